The van der Waals surface area contributed by atoms with E-state index in [1.807, 2.05) is 44.2 Å². The van der Waals surface area contributed by atoms with Crippen molar-refractivity contribution in [1.29, 1.82) is 0 Å². The van der Waals surface area contributed by atoms with Crippen molar-refractivity contribution >= 4 is 11.9 Å². The Hall–Kier alpha value is -1.84. The maximum Gasteiger partial charge on any atom is 0.307 e. The van der Waals surface area contributed by atoms with Crippen LogP contribution in [-0.4, -0.2) is 29.9 Å². The lowest BCUT2D eigenvalue weighted by atomic mass is 10.0. The standard InChI is InChI=1S/C18H27NO3/c1-4-16(5-2)18(21)19(13-12-17(20)22-6-3)14-15-10-8-7-9-11-15/h7-11,16H,4-6,12-14H2,1-3H3. The molecule has 0 aliphatic rings. The Kier molecular flexibility index (Phi) is 8.26. The first kappa shape index (κ1) is 18.2. The number of carbonyl (C=O) groups is 2. The number of carbonyl (C=O) groups excluding carboxylic acids is 2. The number of hydrogen-bond donors (Lipinski definition) is 0. The van der Waals surface area contributed by atoms with Crippen molar-refractivity contribution in [1.82, 2.24) is 4.90 Å². The normalized spacial score (nSPS) is 10.5. The highest BCUT2D eigenvalue weighted by Crippen LogP contribution is 2.15. The maximum absolute atomic E-state index is 12.7. The Morgan fingerprint density at radius 3 is 2.27 bits per heavy atom. The zero-order valence-electron chi connectivity index (χ0n) is 13.9. The Morgan fingerprint density at radius 1 is 1.09 bits per heavy atom. The van der Waals surface area contributed by atoms with Crippen LogP contribution in [0.25, 0.3) is 0 Å². The summed E-state index contributed by atoms with van der Waals surface area (Å²) in [5.74, 6) is -0.109. The number of benzene rings is 1. The van der Waals surface area contributed by atoms with Crippen LogP contribution in [0.4, 0.5) is 0 Å². The van der Waals surface area contributed by atoms with E-state index < -0.39 is 0 Å². The topological polar surface area (TPSA) is 46.6 Å². The number of rotatable bonds is 9. The summed E-state index contributed by atoms with van der Waals surface area (Å²) in [6.07, 6.45) is 1.88. The molecule has 0 unspecified atom stereocenters. The minimum absolute atomic E-state index is 0.0194. The lowest BCUT2D eigenvalue weighted by molar-refractivity contribution is -0.144. The molecule has 0 radical (unpaired) electrons. The van der Waals surface area contributed by atoms with Gasteiger partial charge in [-0.15, -0.1) is 0 Å². The molecule has 1 aromatic carbocycles. The summed E-state index contributed by atoms with van der Waals surface area (Å²) >= 11 is 0. The van der Waals surface area contributed by atoms with Crippen LogP contribution in [0.5, 0.6) is 0 Å². The van der Waals surface area contributed by atoms with E-state index >= 15 is 0 Å². The maximum atomic E-state index is 12.7. The molecular weight excluding hydrogens is 278 g/mol. The van der Waals surface area contributed by atoms with Crippen LogP contribution in [0.3, 0.4) is 0 Å². The first-order valence-electron chi connectivity index (χ1n) is 8.10. The molecule has 22 heavy (non-hydrogen) atoms. The molecule has 0 saturated carbocycles. The van der Waals surface area contributed by atoms with Crippen LogP contribution in [0.2, 0.25) is 0 Å². The molecule has 0 fully saturated rings. The molecule has 0 saturated heterocycles. The van der Waals surface area contributed by atoms with Crippen LogP contribution in [0.1, 0.15) is 45.6 Å². The van der Waals surface area contributed by atoms with E-state index in [0.717, 1.165) is 18.4 Å². The molecular formula is C18H27NO3. The van der Waals surface area contributed by atoms with Crippen LogP contribution in [0.15, 0.2) is 30.3 Å². The molecule has 4 nitrogen and oxygen atoms in total. The van der Waals surface area contributed by atoms with E-state index in [4.69, 9.17) is 4.74 Å². The van der Waals surface area contributed by atoms with Gasteiger partial charge in [0, 0.05) is 19.0 Å². The molecule has 0 heterocycles. The highest BCUT2D eigenvalue weighted by Gasteiger charge is 2.22. The third-order valence-corrected chi connectivity index (χ3v) is 3.75. The van der Waals surface area contributed by atoms with E-state index in [2.05, 4.69) is 0 Å². The average molecular weight is 305 g/mol. The lowest BCUT2D eigenvalue weighted by Crippen LogP contribution is -2.37. The third-order valence-electron chi connectivity index (χ3n) is 3.75. The van der Waals surface area contributed by atoms with Crippen molar-refractivity contribution in [3.05, 3.63) is 35.9 Å². The summed E-state index contributed by atoms with van der Waals surface area (Å²) in [6, 6.07) is 9.87. The lowest BCUT2D eigenvalue weighted by Gasteiger charge is -2.26. The summed E-state index contributed by atoms with van der Waals surface area (Å²) in [5.41, 5.74) is 1.07. The second-order valence-corrected chi connectivity index (χ2v) is 5.31. The second-order valence-electron chi connectivity index (χ2n) is 5.31. The Morgan fingerprint density at radius 2 is 1.73 bits per heavy atom. The summed E-state index contributed by atoms with van der Waals surface area (Å²) in [6.45, 7) is 7.15. The fourth-order valence-corrected chi connectivity index (χ4v) is 2.43. The fourth-order valence-electron chi connectivity index (χ4n) is 2.43. The van der Waals surface area contributed by atoms with E-state index in [9.17, 15) is 9.59 Å². The van der Waals surface area contributed by atoms with Crippen LogP contribution in [-0.2, 0) is 20.9 Å². The highest BCUT2D eigenvalue weighted by molar-refractivity contribution is 5.79. The van der Waals surface area contributed by atoms with Gasteiger partial charge < -0.3 is 9.64 Å². The number of nitrogens with zero attached hydrogens (tertiary/aromatic N) is 1. The number of amides is 1. The van der Waals surface area contributed by atoms with Gasteiger partial charge in [0.15, 0.2) is 0 Å². The molecule has 0 atom stereocenters. The predicted octanol–water partition coefficient (Wildman–Crippen LogP) is 3.40. The monoisotopic (exact) mass is 305 g/mol. The zero-order valence-corrected chi connectivity index (χ0v) is 13.9. The van der Waals surface area contributed by atoms with Crippen LogP contribution in [0, 0.1) is 5.92 Å². The van der Waals surface area contributed by atoms with Crippen molar-refractivity contribution in [3.8, 4) is 0 Å². The van der Waals surface area contributed by atoms with E-state index in [-0.39, 0.29) is 24.2 Å². The molecule has 1 rings (SSSR count). The predicted molar refractivity (Wildman–Crippen MR) is 87.2 cm³/mol. The van der Waals surface area contributed by atoms with Gasteiger partial charge in [-0.25, -0.2) is 0 Å². The fraction of sp³-hybridized carbons (Fsp3) is 0.556. The molecule has 0 spiro atoms. The average Bonchev–Trinajstić information content (AvgIpc) is 2.53. The van der Waals surface area contributed by atoms with Gasteiger partial charge >= 0.3 is 5.97 Å². The molecule has 0 aromatic heterocycles. The molecule has 0 bridgehead atoms. The molecule has 122 valence electrons. The van der Waals surface area contributed by atoms with Gasteiger partial charge in [-0.05, 0) is 25.3 Å². The van der Waals surface area contributed by atoms with Crippen molar-refractivity contribution in [2.45, 2.75) is 46.6 Å². The molecule has 1 aromatic rings. The van der Waals surface area contributed by atoms with Gasteiger partial charge in [-0.2, -0.15) is 0 Å². The van der Waals surface area contributed by atoms with Crippen molar-refractivity contribution in [2.75, 3.05) is 13.2 Å². The van der Waals surface area contributed by atoms with Gasteiger partial charge in [-0.3, -0.25) is 9.59 Å². The molecule has 0 N–H and O–H groups in total. The molecule has 1 amide bonds. The zero-order chi connectivity index (χ0) is 16.4. The highest BCUT2D eigenvalue weighted by atomic mass is 16.5. The smallest absolute Gasteiger partial charge is 0.307 e. The van der Waals surface area contributed by atoms with Crippen LogP contribution < -0.4 is 0 Å². The molecule has 4 heteroatoms. The number of esters is 1. The van der Waals surface area contributed by atoms with Gasteiger partial charge in [0.25, 0.3) is 0 Å². The largest absolute Gasteiger partial charge is 0.466 e. The SMILES string of the molecule is CCOC(=O)CCN(Cc1ccccc1)C(=O)C(CC)CC. The Bertz CT molecular complexity index is 455. The van der Waals surface area contributed by atoms with Crippen molar-refractivity contribution in [2.24, 2.45) is 5.92 Å². The first-order valence-corrected chi connectivity index (χ1v) is 8.10. The summed E-state index contributed by atoms with van der Waals surface area (Å²) in [7, 11) is 0. The molecule has 0 aliphatic heterocycles. The van der Waals surface area contributed by atoms with E-state index in [1.54, 1.807) is 11.8 Å². The summed E-state index contributed by atoms with van der Waals surface area (Å²) in [4.78, 5) is 26.0. The van der Waals surface area contributed by atoms with Crippen molar-refractivity contribution in [3.63, 3.8) is 0 Å². The Labute approximate surface area is 133 Å². The van der Waals surface area contributed by atoms with E-state index in [0.29, 0.717) is 19.7 Å². The quantitative estimate of drug-likeness (QED) is 0.657. The number of ether oxygens (including phenoxy) is 1. The van der Waals surface area contributed by atoms with Gasteiger partial charge in [0.2, 0.25) is 5.91 Å². The van der Waals surface area contributed by atoms with Crippen molar-refractivity contribution < 1.29 is 14.3 Å². The summed E-state index contributed by atoms with van der Waals surface area (Å²) < 4.78 is 4.96. The second kappa shape index (κ2) is 9.98. The van der Waals surface area contributed by atoms with Gasteiger partial charge in [-0.1, -0.05) is 44.2 Å². The minimum Gasteiger partial charge on any atom is -0.466 e. The third kappa shape index (κ3) is 5.88. The van der Waals surface area contributed by atoms with Gasteiger partial charge in [0.05, 0.1) is 13.0 Å². The van der Waals surface area contributed by atoms with Crippen LogP contribution >= 0.6 is 0 Å². The molecule has 0 aliphatic carbocycles. The Balaban J connectivity index is 2.75. The minimum atomic E-state index is -0.252. The first-order chi connectivity index (χ1) is 10.6. The van der Waals surface area contributed by atoms with Gasteiger partial charge in [0.1, 0.15) is 0 Å². The van der Waals surface area contributed by atoms with E-state index in [1.165, 1.54) is 0 Å². The summed E-state index contributed by atoms with van der Waals surface area (Å²) in [5, 5.41) is 0. The number of hydrogen-bond acceptors (Lipinski definition) is 3.